The van der Waals surface area contributed by atoms with E-state index in [1.54, 1.807) is 48.5 Å². The van der Waals surface area contributed by atoms with E-state index in [1.807, 2.05) is 12.1 Å². The zero-order valence-electron chi connectivity index (χ0n) is 15.5. The number of Topliss-reactive ketones (excluding diaryl/α,β-unsaturated/α-hetero) is 1. The number of hydrogen-bond donors (Lipinski definition) is 2. The number of nitrogens with one attached hydrogen (secondary N) is 2. The van der Waals surface area contributed by atoms with Gasteiger partial charge in [-0.15, -0.1) is 0 Å². The molecule has 0 atom stereocenters. The molecule has 7 heteroatoms. The maximum atomic E-state index is 12.1. The van der Waals surface area contributed by atoms with E-state index in [9.17, 15) is 14.4 Å². The fourth-order valence-electron chi connectivity index (χ4n) is 2.60. The van der Waals surface area contributed by atoms with Crippen LogP contribution in [0.25, 0.3) is 0 Å². The third-order valence-electron chi connectivity index (χ3n) is 4.19. The summed E-state index contributed by atoms with van der Waals surface area (Å²) in [4.78, 5) is 36.1. The molecule has 0 unspecified atom stereocenters. The number of rotatable bonds is 8. The van der Waals surface area contributed by atoms with Gasteiger partial charge in [0, 0.05) is 35.1 Å². The SMILES string of the molecule is O=C(CCC(=O)c1ccc(Br)cc1)NCc1ccc(NC(=O)c2ccco2)cc1. The van der Waals surface area contributed by atoms with E-state index < -0.39 is 0 Å². The number of ketones is 1. The summed E-state index contributed by atoms with van der Waals surface area (Å²) < 4.78 is 5.94. The van der Waals surface area contributed by atoms with Crippen molar-refractivity contribution in [1.29, 1.82) is 0 Å². The van der Waals surface area contributed by atoms with Crippen molar-refractivity contribution in [3.05, 3.63) is 88.3 Å². The van der Waals surface area contributed by atoms with Gasteiger partial charge in [-0.2, -0.15) is 0 Å². The molecule has 0 aliphatic carbocycles. The van der Waals surface area contributed by atoms with E-state index in [0.29, 0.717) is 17.8 Å². The van der Waals surface area contributed by atoms with Crippen LogP contribution in [0.15, 0.2) is 75.8 Å². The highest BCUT2D eigenvalue weighted by molar-refractivity contribution is 9.10. The molecule has 0 aliphatic rings. The molecule has 2 amide bonds. The van der Waals surface area contributed by atoms with Crippen LogP contribution in [-0.4, -0.2) is 17.6 Å². The van der Waals surface area contributed by atoms with Crippen LogP contribution in [0.1, 0.15) is 39.3 Å². The quantitative estimate of drug-likeness (QED) is 0.487. The first-order valence-electron chi connectivity index (χ1n) is 9.00. The third-order valence-corrected chi connectivity index (χ3v) is 4.72. The summed E-state index contributed by atoms with van der Waals surface area (Å²) >= 11 is 3.32. The predicted octanol–water partition coefficient (Wildman–Crippen LogP) is 4.57. The summed E-state index contributed by atoms with van der Waals surface area (Å²) in [5, 5.41) is 5.52. The summed E-state index contributed by atoms with van der Waals surface area (Å²) in [6, 6.07) is 17.4. The molecule has 3 aromatic rings. The van der Waals surface area contributed by atoms with E-state index in [4.69, 9.17) is 4.42 Å². The molecular weight excluding hydrogens is 436 g/mol. The van der Waals surface area contributed by atoms with E-state index in [0.717, 1.165) is 10.0 Å². The fourth-order valence-corrected chi connectivity index (χ4v) is 2.87. The summed E-state index contributed by atoms with van der Waals surface area (Å²) in [6.45, 7) is 0.345. The van der Waals surface area contributed by atoms with Crippen molar-refractivity contribution in [2.45, 2.75) is 19.4 Å². The molecule has 0 fully saturated rings. The number of anilines is 1. The minimum atomic E-state index is -0.327. The lowest BCUT2D eigenvalue weighted by Gasteiger charge is -2.07. The van der Waals surface area contributed by atoms with Crippen molar-refractivity contribution in [3.8, 4) is 0 Å². The fraction of sp³-hybridized carbons (Fsp3) is 0.136. The van der Waals surface area contributed by atoms with Crippen molar-refractivity contribution >= 4 is 39.2 Å². The smallest absolute Gasteiger partial charge is 0.291 e. The van der Waals surface area contributed by atoms with Crippen LogP contribution in [0.5, 0.6) is 0 Å². The molecule has 1 aromatic heterocycles. The highest BCUT2D eigenvalue weighted by Crippen LogP contribution is 2.13. The molecule has 148 valence electrons. The first kappa shape index (κ1) is 20.5. The van der Waals surface area contributed by atoms with Gasteiger partial charge >= 0.3 is 0 Å². The number of benzene rings is 2. The van der Waals surface area contributed by atoms with Gasteiger partial charge in [0.1, 0.15) is 0 Å². The Labute approximate surface area is 176 Å². The number of amides is 2. The van der Waals surface area contributed by atoms with Crippen LogP contribution in [-0.2, 0) is 11.3 Å². The minimum absolute atomic E-state index is 0.0655. The normalized spacial score (nSPS) is 10.4. The summed E-state index contributed by atoms with van der Waals surface area (Å²) in [6.07, 6.45) is 1.73. The van der Waals surface area contributed by atoms with Crippen molar-refractivity contribution in [1.82, 2.24) is 5.32 Å². The molecule has 1 heterocycles. The lowest BCUT2D eigenvalue weighted by atomic mass is 10.1. The average Bonchev–Trinajstić information content (AvgIpc) is 3.27. The number of carbonyl (C=O) groups is 3. The third kappa shape index (κ3) is 6.15. The number of furan rings is 1. The van der Waals surface area contributed by atoms with Gasteiger partial charge in [0.25, 0.3) is 5.91 Å². The maximum absolute atomic E-state index is 12.1. The van der Waals surface area contributed by atoms with Gasteiger partial charge in [0.15, 0.2) is 11.5 Å². The van der Waals surface area contributed by atoms with Gasteiger partial charge in [0.05, 0.1) is 6.26 Å². The lowest BCUT2D eigenvalue weighted by Crippen LogP contribution is -2.23. The van der Waals surface area contributed by atoms with Crippen molar-refractivity contribution in [2.75, 3.05) is 5.32 Å². The molecule has 0 aliphatic heterocycles. The second-order valence-corrected chi connectivity index (χ2v) is 7.25. The Bertz CT molecular complexity index is 981. The molecule has 6 nitrogen and oxygen atoms in total. The van der Waals surface area contributed by atoms with Gasteiger partial charge in [-0.05, 0) is 42.0 Å². The lowest BCUT2D eigenvalue weighted by molar-refractivity contribution is -0.121. The van der Waals surface area contributed by atoms with Gasteiger partial charge in [-0.25, -0.2) is 0 Å². The Kier molecular flexibility index (Phi) is 6.97. The molecule has 3 rings (SSSR count). The minimum Gasteiger partial charge on any atom is -0.459 e. The van der Waals surface area contributed by atoms with E-state index in [-0.39, 0.29) is 36.2 Å². The first-order chi connectivity index (χ1) is 14.0. The van der Waals surface area contributed by atoms with Crippen molar-refractivity contribution < 1.29 is 18.8 Å². The van der Waals surface area contributed by atoms with Gasteiger partial charge in [-0.3, -0.25) is 14.4 Å². The van der Waals surface area contributed by atoms with Gasteiger partial charge < -0.3 is 15.1 Å². The van der Waals surface area contributed by atoms with Crippen LogP contribution in [0.3, 0.4) is 0 Å². The van der Waals surface area contributed by atoms with Gasteiger partial charge in [0.2, 0.25) is 5.91 Å². The van der Waals surface area contributed by atoms with E-state index in [2.05, 4.69) is 26.6 Å². The van der Waals surface area contributed by atoms with Crippen LogP contribution < -0.4 is 10.6 Å². The Morgan fingerprint density at radius 2 is 1.62 bits per heavy atom. The molecule has 2 N–H and O–H groups in total. The van der Waals surface area contributed by atoms with Gasteiger partial charge in [-0.1, -0.05) is 40.2 Å². The van der Waals surface area contributed by atoms with Crippen molar-refractivity contribution in [2.24, 2.45) is 0 Å². The number of halogens is 1. The zero-order chi connectivity index (χ0) is 20.6. The van der Waals surface area contributed by atoms with Crippen LogP contribution in [0, 0.1) is 0 Å². The Hall–Kier alpha value is -3.19. The monoisotopic (exact) mass is 454 g/mol. The van der Waals surface area contributed by atoms with Crippen LogP contribution >= 0.6 is 15.9 Å². The second kappa shape index (κ2) is 9.84. The molecule has 0 spiro atoms. The highest BCUT2D eigenvalue weighted by atomic mass is 79.9. The van der Waals surface area contributed by atoms with Crippen LogP contribution in [0.2, 0.25) is 0 Å². The zero-order valence-corrected chi connectivity index (χ0v) is 17.1. The highest BCUT2D eigenvalue weighted by Gasteiger charge is 2.10. The Morgan fingerprint density at radius 1 is 0.897 bits per heavy atom. The van der Waals surface area contributed by atoms with Crippen LogP contribution in [0.4, 0.5) is 5.69 Å². The molecule has 0 radical (unpaired) electrons. The molecule has 0 saturated heterocycles. The van der Waals surface area contributed by atoms with Crippen molar-refractivity contribution in [3.63, 3.8) is 0 Å². The molecule has 2 aromatic carbocycles. The largest absolute Gasteiger partial charge is 0.459 e. The van der Waals surface area contributed by atoms with E-state index >= 15 is 0 Å². The molecule has 0 bridgehead atoms. The maximum Gasteiger partial charge on any atom is 0.291 e. The Morgan fingerprint density at radius 3 is 2.28 bits per heavy atom. The number of hydrogen-bond acceptors (Lipinski definition) is 4. The summed E-state index contributed by atoms with van der Waals surface area (Å²) in [5.41, 5.74) is 2.10. The predicted molar refractivity (Wildman–Crippen MR) is 113 cm³/mol. The summed E-state index contributed by atoms with van der Waals surface area (Å²) in [5.74, 6) is -0.347. The average molecular weight is 455 g/mol. The Balaban J connectivity index is 1.42. The van der Waals surface area contributed by atoms with E-state index in [1.165, 1.54) is 6.26 Å². The second-order valence-electron chi connectivity index (χ2n) is 6.34. The standard InChI is InChI=1S/C22H19BrN2O4/c23-17-7-5-16(6-8-17)19(26)11-12-21(27)24-14-15-3-9-18(10-4-15)25-22(28)20-2-1-13-29-20/h1-10,13H,11-12,14H2,(H,24,27)(H,25,28). The molecule has 0 saturated carbocycles. The first-order valence-corrected chi connectivity index (χ1v) is 9.80. The molecular formula is C22H19BrN2O4. The summed E-state index contributed by atoms with van der Waals surface area (Å²) in [7, 11) is 0. The molecule has 29 heavy (non-hydrogen) atoms. The number of carbonyl (C=O) groups excluding carboxylic acids is 3. The topological polar surface area (TPSA) is 88.4 Å².